The number of carbonyl (C=O) groups excluding carboxylic acids is 1. The summed E-state index contributed by atoms with van der Waals surface area (Å²) in [7, 11) is 0. The molecule has 1 amide bonds. The molecule has 3 heterocycles. The Labute approximate surface area is 110 Å². The van der Waals surface area contributed by atoms with Crippen molar-refractivity contribution in [1.82, 2.24) is 19.9 Å². The zero-order chi connectivity index (χ0) is 13.1. The molecule has 0 N–H and O–H groups in total. The minimum absolute atomic E-state index is 0.105. The molecule has 0 aromatic carbocycles. The minimum atomic E-state index is -0.105. The Kier molecular flexibility index (Phi) is 3.22. The predicted octanol–water partition coefficient (Wildman–Crippen LogP) is 1.48. The van der Waals surface area contributed by atoms with E-state index < -0.39 is 0 Å². The third-order valence-electron chi connectivity index (χ3n) is 3.35. The highest BCUT2D eigenvalue weighted by molar-refractivity contribution is 5.91. The van der Waals surface area contributed by atoms with Crippen LogP contribution in [0.4, 0.5) is 0 Å². The van der Waals surface area contributed by atoms with Gasteiger partial charge in [-0.1, -0.05) is 0 Å². The number of likely N-dealkylation sites (tertiary alicyclic amines) is 1. The zero-order valence-electron chi connectivity index (χ0n) is 10.4. The molecule has 0 unspecified atom stereocenters. The van der Waals surface area contributed by atoms with Gasteiger partial charge in [-0.2, -0.15) is 0 Å². The van der Waals surface area contributed by atoms with E-state index in [4.69, 9.17) is 4.42 Å². The van der Waals surface area contributed by atoms with Crippen molar-refractivity contribution in [1.29, 1.82) is 0 Å². The van der Waals surface area contributed by atoms with Crippen molar-refractivity contribution < 1.29 is 9.21 Å². The van der Waals surface area contributed by atoms with E-state index in [1.165, 1.54) is 12.6 Å². The van der Waals surface area contributed by atoms with Crippen LogP contribution < -0.4 is 0 Å². The summed E-state index contributed by atoms with van der Waals surface area (Å²) in [6.07, 6.45) is 9.83. The summed E-state index contributed by atoms with van der Waals surface area (Å²) in [4.78, 5) is 26.2. The van der Waals surface area contributed by atoms with Crippen LogP contribution in [0.3, 0.4) is 0 Å². The molecule has 1 saturated heterocycles. The number of carbonyl (C=O) groups is 1. The maximum atomic E-state index is 12.2. The molecule has 1 fully saturated rings. The summed E-state index contributed by atoms with van der Waals surface area (Å²) in [6.45, 7) is 1.40. The topological polar surface area (TPSA) is 72.1 Å². The Morgan fingerprint density at radius 3 is 3.00 bits per heavy atom. The number of amides is 1. The number of nitrogens with zero attached hydrogens (tertiary/aromatic N) is 4. The largest absolute Gasteiger partial charge is 0.438 e. The molecule has 3 rings (SSSR count). The average molecular weight is 258 g/mol. The first-order valence-corrected chi connectivity index (χ1v) is 6.28. The van der Waals surface area contributed by atoms with Crippen LogP contribution in [0, 0.1) is 0 Å². The molecule has 0 spiro atoms. The van der Waals surface area contributed by atoms with Gasteiger partial charge < -0.3 is 9.32 Å². The number of rotatable bonds is 2. The summed E-state index contributed by atoms with van der Waals surface area (Å²) in [5.74, 6) is 0.431. The molecule has 0 bridgehead atoms. The van der Waals surface area contributed by atoms with E-state index >= 15 is 0 Å². The molecule has 2 aromatic rings. The first kappa shape index (κ1) is 11.8. The van der Waals surface area contributed by atoms with E-state index in [1.54, 1.807) is 23.5 Å². The van der Waals surface area contributed by atoms with Gasteiger partial charge in [-0.25, -0.2) is 4.98 Å². The van der Waals surface area contributed by atoms with Crippen LogP contribution in [0.1, 0.15) is 35.0 Å². The molecule has 1 aliphatic heterocycles. The fourth-order valence-electron chi connectivity index (χ4n) is 2.40. The van der Waals surface area contributed by atoms with Gasteiger partial charge in [0.25, 0.3) is 5.91 Å². The van der Waals surface area contributed by atoms with E-state index in [-0.39, 0.29) is 11.8 Å². The van der Waals surface area contributed by atoms with E-state index in [0.717, 1.165) is 25.1 Å². The van der Waals surface area contributed by atoms with E-state index in [1.807, 2.05) is 0 Å². The molecule has 1 aliphatic rings. The fraction of sp³-hybridized carbons (Fsp3) is 0.385. The van der Waals surface area contributed by atoms with E-state index in [0.29, 0.717) is 12.3 Å². The van der Waals surface area contributed by atoms with Crippen LogP contribution in [0.15, 0.2) is 35.6 Å². The summed E-state index contributed by atoms with van der Waals surface area (Å²) in [5, 5.41) is 0. The number of hydrogen-bond donors (Lipinski definition) is 0. The standard InChI is InChI=1S/C13H14N4O2/c18-13(12-7-15-9-19-12)17-5-1-2-10(8-17)11-6-14-3-4-16-11/h3-4,6-7,9-10H,1-2,5,8H2/t10-/m0/s1. The Hall–Kier alpha value is -2.24. The van der Waals surface area contributed by atoms with Gasteiger partial charge in [0.05, 0.1) is 11.9 Å². The molecule has 0 radical (unpaired) electrons. The Bertz CT molecular complexity index is 541. The lowest BCUT2D eigenvalue weighted by atomic mass is 9.95. The van der Waals surface area contributed by atoms with Gasteiger partial charge in [0.2, 0.25) is 5.76 Å². The molecule has 0 aliphatic carbocycles. The summed E-state index contributed by atoms with van der Waals surface area (Å²) in [6, 6.07) is 0. The van der Waals surface area contributed by atoms with Gasteiger partial charge in [0.1, 0.15) is 0 Å². The van der Waals surface area contributed by atoms with Crippen molar-refractivity contribution in [3.05, 3.63) is 42.6 Å². The van der Waals surface area contributed by atoms with Crippen LogP contribution in [-0.4, -0.2) is 38.8 Å². The quantitative estimate of drug-likeness (QED) is 0.816. The SMILES string of the molecule is O=C(c1cnco1)N1CCC[C@H](c2cnccn2)C1. The predicted molar refractivity (Wildman–Crippen MR) is 66.4 cm³/mol. The van der Waals surface area contributed by atoms with Crippen molar-refractivity contribution >= 4 is 5.91 Å². The van der Waals surface area contributed by atoms with Crippen LogP contribution in [0.25, 0.3) is 0 Å². The Balaban J connectivity index is 1.73. The Morgan fingerprint density at radius 1 is 1.32 bits per heavy atom. The van der Waals surface area contributed by atoms with Gasteiger partial charge in [-0.05, 0) is 12.8 Å². The normalized spacial score (nSPS) is 19.4. The van der Waals surface area contributed by atoms with Crippen LogP contribution in [0.5, 0.6) is 0 Å². The lowest BCUT2D eigenvalue weighted by Gasteiger charge is -2.31. The third-order valence-corrected chi connectivity index (χ3v) is 3.35. The summed E-state index contributed by atoms with van der Waals surface area (Å²) in [5.41, 5.74) is 0.942. The van der Waals surface area contributed by atoms with Crippen molar-refractivity contribution in [2.75, 3.05) is 13.1 Å². The number of oxazole rings is 1. The summed E-state index contributed by atoms with van der Waals surface area (Å²) < 4.78 is 5.06. The van der Waals surface area contributed by atoms with Crippen molar-refractivity contribution in [3.63, 3.8) is 0 Å². The molecule has 2 aromatic heterocycles. The smallest absolute Gasteiger partial charge is 0.291 e. The minimum Gasteiger partial charge on any atom is -0.438 e. The number of aromatic nitrogens is 3. The first-order valence-electron chi connectivity index (χ1n) is 6.28. The fourth-order valence-corrected chi connectivity index (χ4v) is 2.40. The maximum Gasteiger partial charge on any atom is 0.291 e. The lowest BCUT2D eigenvalue weighted by molar-refractivity contribution is 0.0673. The highest BCUT2D eigenvalue weighted by atomic mass is 16.3. The van der Waals surface area contributed by atoms with Crippen molar-refractivity contribution in [2.45, 2.75) is 18.8 Å². The molecule has 0 saturated carbocycles. The number of piperidine rings is 1. The highest BCUT2D eigenvalue weighted by Gasteiger charge is 2.27. The van der Waals surface area contributed by atoms with Crippen LogP contribution >= 0.6 is 0 Å². The summed E-state index contributed by atoms with van der Waals surface area (Å²) >= 11 is 0. The molecular weight excluding hydrogens is 244 g/mol. The Morgan fingerprint density at radius 2 is 2.26 bits per heavy atom. The monoisotopic (exact) mass is 258 g/mol. The molecule has 19 heavy (non-hydrogen) atoms. The van der Waals surface area contributed by atoms with E-state index in [9.17, 15) is 4.79 Å². The molecule has 1 atom stereocenters. The van der Waals surface area contributed by atoms with E-state index in [2.05, 4.69) is 15.0 Å². The second kappa shape index (κ2) is 5.17. The van der Waals surface area contributed by atoms with Crippen molar-refractivity contribution in [2.24, 2.45) is 0 Å². The van der Waals surface area contributed by atoms with Gasteiger partial charge in [0.15, 0.2) is 6.39 Å². The van der Waals surface area contributed by atoms with Gasteiger partial charge in [-0.15, -0.1) is 0 Å². The lowest BCUT2D eigenvalue weighted by Crippen LogP contribution is -2.39. The molecular formula is C13H14N4O2. The highest BCUT2D eigenvalue weighted by Crippen LogP contribution is 2.25. The van der Waals surface area contributed by atoms with Crippen molar-refractivity contribution in [3.8, 4) is 0 Å². The zero-order valence-corrected chi connectivity index (χ0v) is 10.4. The third kappa shape index (κ3) is 2.47. The van der Waals surface area contributed by atoms with Crippen LogP contribution in [-0.2, 0) is 0 Å². The first-order chi connectivity index (χ1) is 9.34. The molecule has 6 heteroatoms. The molecule has 98 valence electrons. The average Bonchev–Trinajstić information content (AvgIpc) is 3.02. The molecule has 6 nitrogen and oxygen atoms in total. The second-order valence-corrected chi connectivity index (χ2v) is 4.59. The maximum absolute atomic E-state index is 12.2. The van der Waals surface area contributed by atoms with Gasteiger partial charge >= 0.3 is 0 Å². The van der Waals surface area contributed by atoms with Gasteiger partial charge in [0, 0.05) is 37.6 Å². The van der Waals surface area contributed by atoms with Crippen LogP contribution in [0.2, 0.25) is 0 Å². The van der Waals surface area contributed by atoms with Gasteiger partial charge in [-0.3, -0.25) is 14.8 Å². The number of hydrogen-bond acceptors (Lipinski definition) is 5. The second-order valence-electron chi connectivity index (χ2n) is 4.59.